The largest absolute Gasteiger partial charge is 0.508 e. The van der Waals surface area contributed by atoms with E-state index in [0.29, 0.717) is 11.3 Å². The second-order valence-corrected chi connectivity index (χ2v) is 3.67. The van der Waals surface area contributed by atoms with E-state index in [0.717, 1.165) is 0 Å². The van der Waals surface area contributed by atoms with Gasteiger partial charge in [-0.05, 0) is 12.1 Å². The summed E-state index contributed by atoms with van der Waals surface area (Å²) in [6.07, 6.45) is -1.06. The first-order valence-electron chi connectivity index (χ1n) is 4.65. The summed E-state index contributed by atoms with van der Waals surface area (Å²) in [5.74, 6) is 0.405. The lowest BCUT2D eigenvalue weighted by atomic mass is 10.0. The van der Waals surface area contributed by atoms with Crippen molar-refractivity contribution < 1.29 is 19.7 Å². The van der Waals surface area contributed by atoms with Crippen LogP contribution in [-0.4, -0.2) is 27.2 Å². The van der Waals surface area contributed by atoms with E-state index in [2.05, 4.69) is 0 Å². The van der Waals surface area contributed by atoms with Gasteiger partial charge in [-0.1, -0.05) is 0 Å². The van der Waals surface area contributed by atoms with Crippen LogP contribution in [0.1, 0.15) is 18.2 Å². The zero-order chi connectivity index (χ0) is 10.6. The minimum absolute atomic E-state index is 0.0834. The number of carbonyl (C=O) groups excluding carboxylic acids is 1. The van der Waals surface area contributed by atoms with Crippen LogP contribution in [0.2, 0.25) is 0 Å². The molecule has 2 heterocycles. The molecule has 2 N–H and O–H groups in total. The maximum atomic E-state index is 11.2. The molecule has 1 aromatic carbocycles. The van der Waals surface area contributed by atoms with Crippen molar-refractivity contribution in [3.8, 4) is 11.5 Å². The monoisotopic (exact) mass is 207 g/mol. The van der Waals surface area contributed by atoms with E-state index < -0.39 is 6.23 Å². The minimum Gasteiger partial charge on any atom is -0.508 e. The summed E-state index contributed by atoms with van der Waals surface area (Å²) < 4.78 is 5.44. The summed E-state index contributed by atoms with van der Waals surface area (Å²) >= 11 is 0. The molecule has 1 saturated heterocycles. The summed E-state index contributed by atoms with van der Waals surface area (Å²) in [4.78, 5) is 12.5. The van der Waals surface area contributed by atoms with Gasteiger partial charge in [0.15, 0.2) is 12.5 Å². The number of β-lactam (4-membered cyclic amide) rings is 1. The van der Waals surface area contributed by atoms with Gasteiger partial charge in [0, 0.05) is 11.6 Å². The number of hydrogen-bond acceptors (Lipinski definition) is 4. The van der Waals surface area contributed by atoms with Gasteiger partial charge in [0.05, 0.1) is 6.42 Å². The van der Waals surface area contributed by atoms with Crippen LogP contribution in [0.4, 0.5) is 0 Å². The lowest BCUT2D eigenvalue weighted by molar-refractivity contribution is -0.192. The number of nitrogens with zero attached hydrogens (tertiary/aromatic N) is 1. The average molecular weight is 207 g/mol. The number of fused-ring (bicyclic) bond motifs is 2. The molecule has 5 heteroatoms. The lowest BCUT2D eigenvalue weighted by Gasteiger charge is -2.46. The van der Waals surface area contributed by atoms with Crippen molar-refractivity contribution in [2.45, 2.75) is 18.9 Å². The first-order chi connectivity index (χ1) is 7.16. The van der Waals surface area contributed by atoms with E-state index >= 15 is 0 Å². The van der Waals surface area contributed by atoms with Gasteiger partial charge >= 0.3 is 0 Å². The molecule has 0 bridgehead atoms. The van der Waals surface area contributed by atoms with Gasteiger partial charge in [-0.2, -0.15) is 0 Å². The zero-order valence-electron chi connectivity index (χ0n) is 7.75. The van der Waals surface area contributed by atoms with Crippen molar-refractivity contribution in [2.24, 2.45) is 0 Å². The second-order valence-electron chi connectivity index (χ2n) is 3.67. The molecule has 2 unspecified atom stereocenters. The maximum Gasteiger partial charge on any atom is 0.233 e. The van der Waals surface area contributed by atoms with Crippen molar-refractivity contribution in [1.29, 1.82) is 0 Å². The van der Waals surface area contributed by atoms with Crippen LogP contribution in [0.25, 0.3) is 0 Å². The van der Waals surface area contributed by atoms with Crippen LogP contribution in [0.3, 0.4) is 0 Å². The number of phenols is 1. The SMILES string of the molecule is O=C1CC2Oc3cc(O)ccc3C(O)N12. The second kappa shape index (κ2) is 2.64. The van der Waals surface area contributed by atoms with Crippen LogP contribution in [0.5, 0.6) is 11.5 Å². The van der Waals surface area contributed by atoms with Crippen LogP contribution >= 0.6 is 0 Å². The van der Waals surface area contributed by atoms with E-state index in [1.165, 1.54) is 17.0 Å². The molecule has 0 spiro atoms. The van der Waals surface area contributed by atoms with E-state index in [1.54, 1.807) is 6.07 Å². The Labute approximate surface area is 85.5 Å². The number of aromatic hydroxyl groups is 1. The highest BCUT2D eigenvalue weighted by Gasteiger charge is 2.46. The Morgan fingerprint density at radius 1 is 1.47 bits per heavy atom. The molecule has 2 aliphatic heterocycles. The standard InChI is InChI=1S/C10H9NO4/c12-5-1-2-6-7(3-5)15-9-4-8(13)11(9)10(6)14/h1-3,9-10,12,14H,4H2. The van der Waals surface area contributed by atoms with E-state index in [1.807, 2.05) is 0 Å². The molecule has 1 amide bonds. The molecule has 5 nitrogen and oxygen atoms in total. The van der Waals surface area contributed by atoms with Crippen molar-refractivity contribution in [3.63, 3.8) is 0 Å². The Morgan fingerprint density at radius 3 is 3.00 bits per heavy atom. The molecular weight excluding hydrogens is 198 g/mol. The zero-order valence-corrected chi connectivity index (χ0v) is 7.75. The summed E-state index contributed by atoms with van der Waals surface area (Å²) in [7, 11) is 0. The predicted molar refractivity (Wildman–Crippen MR) is 48.9 cm³/mol. The fourth-order valence-corrected chi connectivity index (χ4v) is 1.93. The van der Waals surface area contributed by atoms with E-state index in [-0.39, 0.29) is 24.3 Å². The smallest absolute Gasteiger partial charge is 0.233 e. The highest BCUT2D eigenvalue weighted by atomic mass is 16.5. The number of aliphatic hydroxyl groups is 1. The van der Waals surface area contributed by atoms with E-state index in [4.69, 9.17) is 4.74 Å². The molecule has 3 rings (SSSR count). The van der Waals surface area contributed by atoms with Crippen molar-refractivity contribution >= 4 is 5.91 Å². The number of rotatable bonds is 0. The first kappa shape index (κ1) is 8.55. The van der Waals surface area contributed by atoms with E-state index in [9.17, 15) is 15.0 Å². The number of benzene rings is 1. The number of carbonyl (C=O) groups is 1. The first-order valence-corrected chi connectivity index (χ1v) is 4.65. The molecule has 15 heavy (non-hydrogen) atoms. The number of amides is 1. The van der Waals surface area contributed by atoms with Gasteiger partial charge in [0.1, 0.15) is 11.5 Å². The fraction of sp³-hybridized carbons (Fsp3) is 0.300. The Kier molecular flexibility index (Phi) is 1.50. The average Bonchev–Trinajstić information content (AvgIpc) is 2.15. The van der Waals surface area contributed by atoms with Crippen molar-refractivity contribution in [1.82, 2.24) is 4.90 Å². The molecule has 0 saturated carbocycles. The maximum absolute atomic E-state index is 11.2. The Bertz CT molecular complexity index is 445. The van der Waals surface area contributed by atoms with Crippen LogP contribution in [0.15, 0.2) is 18.2 Å². The molecule has 2 atom stereocenters. The summed E-state index contributed by atoms with van der Waals surface area (Å²) in [5, 5.41) is 19.1. The molecule has 78 valence electrons. The van der Waals surface area contributed by atoms with Crippen molar-refractivity contribution in [3.05, 3.63) is 23.8 Å². The molecule has 0 aliphatic carbocycles. The number of aliphatic hydroxyl groups excluding tert-OH is 1. The molecule has 0 radical (unpaired) electrons. The molecule has 1 fully saturated rings. The normalized spacial score (nSPS) is 27.5. The summed E-state index contributed by atoms with van der Waals surface area (Å²) in [6, 6.07) is 4.45. The lowest BCUT2D eigenvalue weighted by Crippen LogP contribution is -2.59. The quantitative estimate of drug-likeness (QED) is 0.601. The van der Waals surface area contributed by atoms with Crippen LogP contribution in [0, 0.1) is 0 Å². The fourth-order valence-electron chi connectivity index (χ4n) is 1.93. The predicted octanol–water partition coefficient (Wildman–Crippen LogP) is 0.334. The highest BCUT2D eigenvalue weighted by Crippen LogP contribution is 2.41. The summed E-state index contributed by atoms with van der Waals surface area (Å²) in [6.45, 7) is 0. The molecule has 1 aromatic rings. The van der Waals surface area contributed by atoms with Gasteiger partial charge in [-0.15, -0.1) is 0 Å². The third-order valence-electron chi connectivity index (χ3n) is 2.75. The van der Waals surface area contributed by atoms with Crippen LogP contribution < -0.4 is 4.74 Å². The number of phenolic OH excluding ortho intramolecular Hbond substituents is 1. The highest BCUT2D eigenvalue weighted by molar-refractivity contribution is 5.83. The van der Waals surface area contributed by atoms with Gasteiger partial charge in [0.25, 0.3) is 0 Å². The molecule has 2 aliphatic rings. The topological polar surface area (TPSA) is 70.0 Å². The van der Waals surface area contributed by atoms with Gasteiger partial charge in [0.2, 0.25) is 5.91 Å². The van der Waals surface area contributed by atoms with Gasteiger partial charge in [-0.25, -0.2) is 0 Å². The van der Waals surface area contributed by atoms with Crippen molar-refractivity contribution in [2.75, 3.05) is 0 Å². The number of hydrogen-bond donors (Lipinski definition) is 2. The van der Waals surface area contributed by atoms with Gasteiger partial charge in [-0.3, -0.25) is 9.69 Å². The Hall–Kier alpha value is -1.75. The minimum atomic E-state index is -0.958. The summed E-state index contributed by atoms with van der Waals surface area (Å²) in [5.41, 5.74) is 0.511. The molecular formula is C10H9NO4. The van der Waals surface area contributed by atoms with Gasteiger partial charge < -0.3 is 14.9 Å². The Balaban J connectivity index is 2.06. The third kappa shape index (κ3) is 1.04. The van der Waals surface area contributed by atoms with Crippen LogP contribution in [-0.2, 0) is 4.79 Å². The Morgan fingerprint density at radius 2 is 2.27 bits per heavy atom. The third-order valence-corrected chi connectivity index (χ3v) is 2.75. The molecule has 0 aromatic heterocycles. The number of ether oxygens (including phenoxy) is 1.